The second-order valence-electron chi connectivity index (χ2n) is 4.21. The van der Waals surface area contributed by atoms with Crippen molar-refractivity contribution < 1.29 is 0 Å². The van der Waals surface area contributed by atoms with Crippen molar-refractivity contribution in [3.63, 3.8) is 0 Å². The van der Waals surface area contributed by atoms with E-state index in [2.05, 4.69) is 54.6 Å². The molecule has 0 amide bonds. The Morgan fingerprint density at radius 2 is 1.86 bits per heavy atom. The first-order valence-corrected chi connectivity index (χ1v) is 5.21. The summed E-state index contributed by atoms with van der Waals surface area (Å²) in [5.74, 6) is 0.645. The van der Waals surface area contributed by atoms with Gasteiger partial charge < -0.3 is 10.2 Å². The number of hydrogen-bond acceptors (Lipinski definition) is 2. The molecular formula is C12H18N2. The van der Waals surface area contributed by atoms with Gasteiger partial charge in [0.15, 0.2) is 0 Å². The number of nitrogens with one attached hydrogen (secondary N) is 1. The van der Waals surface area contributed by atoms with Gasteiger partial charge in [-0.1, -0.05) is 30.3 Å². The lowest BCUT2D eigenvalue weighted by atomic mass is 9.94. The van der Waals surface area contributed by atoms with Crippen molar-refractivity contribution in [1.29, 1.82) is 0 Å². The second kappa shape index (κ2) is 4.11. The number of benzene rings is 1. The van der Waals surface area contributed by atoms with Crippen molar-refractivity contribution in [2.45, 2.75) is 12.0 Å². The quantitative estimate of drug-likeness (QED) is 0.756. The van der Waals surface area contributed by atoms with Gasteiger partial charge in [-0.2, -0.15) is 0 Å². The van der Waals surface area contributed by atoms with Gasteiger partial charge in [0.05, 0.1) is 0 Å². The molecule has 1 aliphatic heterocycles. The summed E-state index contributed by atoms with van der Waals surface area (Å²) >= 11 is 0. The second-order valence-corrected chi connectivity index (χ2v) is 4.21. The van der Waals surface area contributed by atoms with Crippen LogP contribution in [0.25, 0.3) is 0 Å². The molecule has 1 aliphatic rings. The van der Waals surface area contributed by atoms with E-state index >= 15 is 0 Å². The van der Waals surface area contributed by atoms with Gasteiger partial charge in [0.1, 0.15) is 0 Å². The molecule has 2 nitrogen and oxygen atoms in total. The molecular weight excluding hydrogens is 172 g/mol. The van der Waals surface area contributed by atoms with Crippen LogP contribution in [0.15, 0.2) is 30.3 Å². The molecule has 0 spiro atoms. The normalized spacial score (nSPS) is 27.1. The van der Waals surface area contributed by atoms with Gasteiger partial charge in [-0.25, -0.2) is 0 Å². The fourth-order valence-electron chi connectivity index (χ4n) is 2.25. The van der Waals surface area contributed by atoms with E-state index in [4.69, 9.17) is 0 Å². The molecule has 1 heterocycles. The van der Waals surface area contributed by atoms with Crippen LogP contribution in [0.4, 0.5) is 0 Å². The van der Waals surface area contributed by atoms with Crippen LogP contribution in [0.3, 0.4) is 0 Å². The van der Waals surface area contributed by atoms with Gasteiger partial charge in [-0.15, -0.1) is 0 Å². The molecule has 0 aromatic heterocycles. The van der Waals surface area contributed by atoms with Gasteiger partial charge in [0.25, 0.3) is 0 Å². The van der Waals surface area contributed by atoms with E-state index in [0.717, 1.165) is 13.1 Å². The van der Waals surface area contributed by atoms with Crippen LogP contribution in [-0.2, 0) is 0 Å². The molecule has 0 radical (unpaired) electrons. The van der Waals surface area contributed by atoms with Gasteiger partial charge in [-0.05, 0) is 19.7 Å². The molecule has 0 saturated carbocycles. The van der Waals surface area contributed by atoms with Crippen molar-refractivity contribution in [3.8, 4) is 0 Å². The van der Waals surface area contributed by atoms with Crippen LogP contribution in [0.5, 0.6) is 0 Å². The molecule has 76 valence electrons. The Morgan fingerprint density at radius 3 is 2.50 bits per heavy atom. The minimum absolute atomic E-state index is 0.636. The Balaban J connectivity index is 2.18. The molecule has 0 unspecified atom stereocenters. The van der Waals surface area contributed by atoms with Crippen molar-refractivity contribution in [1.82, 2.24) is 10.2 Å². The zero-order chi connectivity index (χ0) is 9.97. The maximum absolute atomic E-state index is 3.46. The van der Waals surface area contributed by atoms with E-state index in [1.165, 1.54) is 5.56 Å². The average molecular weight is 190 g/mol. The summed E-state index contributed by atoms with van der Waals surface area (Å²) in [5.41, 5.74) is 1.45. The summed E-state index contributed by atoms with van der Waals surface area (Å²) < 4.78 is 0. The van der Waals surface area contributed by atoms with Crippen molar-refractivity contribution in [2.24, 2.45) is 0 Å². The van der Waals surface area contributed by atoms with E-state index in [0.29, 0.717) is 12.0 Å². The Morgan fingerprint density at radius 1 is 1.14 bits per heavy atom. The summed E-state index contributed by atoms with van der Waals surface area (Å²) in [6.45, 7) is 2.21. The van der Waals surface area contributed by atoms with E-state index in [9.17, 15) is 0 Å². The summed E-state index contributed by atoms with van der Waals surface area (Å²) in [6.07, 6.45) is 0. The van der Waals surface area contributed by atoms with E-state index in [1.54, 1.807) is 0 Å². The monoisotopic (exact) mass is 190 g/mol. The molecule has 2 rings (SSSR count). The van der Waals surface area contributed by atoms with Crippen LogP contribution >= 0.6 is 0 Å². The van der Waals surface area contributed by atoms with Gasteiger partial charge in [-0.3, -0.25) is 0 Å². The van der Waals surface area contributed by atoms with Gasteiger partial charge >= 0.3 is 0 Å². The predicted octanol–water partition coefficient (Wildman–Crippen LogP) is 1.30. The smallest absolute Gasteiger partial charge is 0.0295 e. The van der Waals surface area contributed by atoms with E-state index < -0.39 is 0 Å². The highest BCUT2D eigenvalue weighted by atomic mass is 15.2. The lowest BCUT2D eigenvalue weighted by Crippen LogP contribution is -2.33. The zero-order valence-electron chi connectivity index (χ0n) is 8.90. The van der Waals surface area contributed by atoms with Crippen molar-refractivity contribution in [2.75, 3.05) is 27.2 Å². The number of likely N-dealkylation sites (N-methyl/N-ethyl adjacent to an activating group) is 1. The Hall–Kier alpha value is -0.860. The van der Waals surface area contributed by atoms with Crippen LogP contribution in [0.2, 0.25) is 0 Å². The third-order valence-electron chi connectivity index (χ3n) is 3.07. The summed E-state index contributed by atoms with van der Waals surface area (Å²) in [7, 11) is 4.32. The molecule has 1 N–H and O–H groups in total. The minimum Gasteiger partial charge on any atom is -0.314 e. The molecule has 1 aromatic rings. The maximum atomic E-state index is 3.46. The lowest BCUT2D eigenvalue weighted by molar-refractivity contribution is 0.291. The first-order valence-electron chi connectivity index (χ1n) is 5.21. The number of nitrogens with zero attached hydrogens (tertiary/aromatic N) is 1. The first kappa shape index (κ1) is 9.69. The summed E-state index contributed by atoms with van der Waals surface area (Å²) in [6, 6.07) is 11.4. The minimum atomic E-state index is 0.636. The molecule has 1 aromatic carbocycles. The van der Waals surface area contributed by atoms with Crippen LogP contribution < -0.4 is 5.32 Å². The third kappa shape index (κ3) is 1.81. The Labute approximate surface area is 85.9 Å². The molecule has 1 saturated heterocycles. The number of rotatable bonds is 2. The number of hydrogen-bond donors (Lipinski definition) is 1. The topological polar surface area (TPSA) is 15.3 Å². The van der Waals surface area contributed by atoms with Crippen molar-refractivity contribution >= 4 is 0 Å². The highest BCUT2D eigenvalue weighted by molar-refractivity contribution is 5.23. The fourth-order valence-corrected chi connectivity index (χ4v) is 2.25. The van der Waals surface area contributed by atoms with E-state index in [1.807, 2.05) is 0 Å². The molecule has 0 aliphatic carbocycles. The summed E-state index contributed by atoms with van der Waals surface area (Å²) in [4.78, 5) is 2.32. The average Bonchev–Trinajstić information content (AvgIpc) is 2.67. The maximum Gasteiger partial charge on any atom is 0.0295 e. The van der Waals surface area contributed by atoms with Gasteiger partial charge in [0, 0.05) is 25.0 Å². The van der Waals surface area contributed by atoms with Crippen LogP contribution in [0, 0.1) is 0 Å². The SMILES string of the molecule is CN(C)[C@@H]1CNC[C@@H]1c1ccccc1. The highest BCUT2D eigenvalue weighted by Gasteiger charge is 2.29. The summed E-state index contributed by atoms with van der Waals surface area (Å²) in [5, 5.41) is 3.46. The fraction of sp³-hybridized carbons (Fsp3) is 0.500. The highest BCUT2D eigenvalue weighted by Crippen LogP contribution is 2.24. The third-order valence-corrected chi connectivity index (χ3v) is 3.07. The van der Waals surface area contributed by atoms with E-state index in [-0.39, 0.29) is 0 Å². The first-order chi connectivity index (χ1) is 6.79. The molecule has 2 heteroatoms. The molecule has 0 bridgehead atoms. The van der Waals surface area contributed by atoms with Gasteiger partial charge in [0.2, 0.25) is 0 Å². The van der Waals surface area contributed by atoms with Crippen molar-refractivity contribution in [3.05, 3.63) is 35.9 Å². The largest absolute Gasteiger partial charge is 0.314 e. The molecule has 1 fully saturated rings. The van der Waals surface area contributed by atoms with Crippen LogP contribution in [-0.4, -0.2) is 38.1 Å². The lowest BCUT2D eigenvalue weighted by Gasteiger charge is -2.25. The zero-order valence-corrected chi connectivity index (χ0v) is 8.90. The predicted molar refractivity (Wildman–Crippen MR) is 59.5 cm³/mol. The Kier molecular flexibility index (Phi) is 2.85. The molecule has 14 heavy (non-hydrogen) atoms. The van der Waals surface area contributed by atoms with Crippen LogP contribution in [0.1, 0.15) is 11.5 Å². The standard InChI is InChI=1S/C12H18N2/c1-14(2)12-9-13-8-11(12)10-6-4-3-5-7-10/h3-7,11-13H,8-9H2,1-2H3/t11-,12-/m1/s1. The Bertz CT molecular complexity index is 282. The molecule has 2 atom stereocenters.